The molecule has 1 aromatic heterocycles. The highest BCUT2D eigenvalue weighted by Crippen LogP contribution is 2.10. The van der Waals surface area contributed by atoms with E-state index in [0.29, 0.717) is 17.3 Å². The van der Waals surface area contributed by atoms with Gasteiger partial charge in [0, 0.05) is 11.4 Å². The zero-order valence-corrected chi connectivity index (χ0v) is 10.6. The number of carbonyl (C=O) groups is 1. The summed E-state index contributed by atoms with van der Waals surface area (Å²) in [7, 11) is 0. The number of hydrogen-bond acceptors (Lipinski definition) is 3. The number of hydrogen-bond donors (Lipinski definition) is 2. The van der Waals surface area contributed by atoms with Crippen molar-refractivity contribution in [3.05, 3.63) is 47.5 Å². The number of aromatic nitrogens is 3. The molecular weight excluding hydrogens is 252 g/mol. The van der Waals surface area contributed by atoms with Gasteiger partial charge in [0.15, 0.2) is 0 Å². The minimum Gasteiger partial charge on any atom is -0.342 e. The van der Waals surface area contributed by atoms with Crippen molar-refractivity contribution < 1.29 is 4.79 Å². The van der Waals surface area contributed by atoms with E-state index >= 15 is 0 Å². The summed E-state index contributed by atoms with van der Waals surface area (Å²) in [6.07, 6.45) is 1.41. The second-order valence-corrected chi connectivity index (χ2v) is 4.17. The normalized spacial score (nSPS) is 12.1. The molecule has 0 spiro atoms. The van der Waals surface area contributed by atoms with Gasteiger partial charge in [-0.05, 0) is 24.6 Å². The van der Waals surface area contributed by atoms with Crippen molar-refractivity contribution >= 4 is 17.5 Å². The van der Waals surface area contributed by atoms with Crippen LogP contribution in [0.25, 0.3) is 0 Å². The van der Waals surface area contributed by atoms with Gasteiger partial charge in [0.1, 0.15) is 12.2 Å². The molecule has 0 saturated heterocycles. The van der Waals surface area contributed by atoms with Crippen LogP contribution in [0.4, 0.5) is 0 Å². The summed E-state index contributed by atoms with van der Waals surface area (Å²) in [4.78, 5) is 16.0. The molecular formula is C12H13ClN4O. The Morgan fingerprint density at radius 1 is 1.56 bits per heavy atom. The summed E-state index contributed by atoms with van der Waals surface area (Å²) in [5.74, 6) is 0.849. The molecule has 2 N–H and O–H groups in total. The van der Waals surface area contributed by atoms with Crippen LogP contribution < -0.4 is 5.32 Å². The maximum absolute atomic E-state index is 12.0. The molecule has 2 aromatic rings. The van der Waals surface area contributed by atoms with Crippen LogP contribution in [0, 0.1) is 0 Å². The molecule has 1 unspecified atom stereocenters. The number of alkyl halides is 1. The molecule has 0 bridgehead atoms. The Bertz CT molecular complexity index is 527. The second-order valence-electron chi connectivity index (χ2n) is 3.90. The predicted octanol–water partition coefficient (Wildman–Crippen LogP) is 2.03. The molecule has 2 rings (SSSR count). The summed E-state index contributed by atoms with van der Waals surface area (Å²) in [5.41, 5.74) is 1.50. The lowest BCUT2D eigenvalue weighted by molar-refractivity contribution is 0.0938. The number of rotatable bonds is 4. The van der Waals surface area contributed by atoms with Crippen LogP contribution in [-0.2, 0) is 5.88 Å². The van der Waals surface area contributed by atoms with Crippen molar-refractivity contribution in [3.63, 3.8) is 0 Å². The summed E-state index contributed by atoms with van der Waals surface area (Å²) >= 11 is 5.74. The van der Waals surface area contributed by atoms with Gasteiger partial charge in [-0.15, -0.1) is 11.6 Å². The maximum atomic E-state index is 12.0. The van der Waals surface area contributed by atoms with Crippen molar-refractivity contribution in [3.8, 4) is 0 Å². The van der Waals surface area contributed by atoms with E-state index < -0.39 is 0 Å². The number of nitrogens with zero attached hydrogens (tertiary/aromatic N) is 2. The zero-order chi connectivity index (χ0) is 13.0. The Kier molecular flexibility index (Phi) is 3.94. The van der Waals surface area contributed by atoms with Crippen LogP contribution in [0.3, 0.4) is 0 Å². The van der Waals surface area contributed by atoms with Gasteiger partial charge in [0.25, 0.3) is 5.91 Å². The highest BCUT2D eigenvalue weighted by molar-refractivity contribution is 6.17. The second kappa shape index (κ2) is 5.64. The van der Waals surface area contributed by atoms with E-state index in [1.54, 1.807) is 12.1 Å². The molecule has 0 aliphatic carbocycles. The Hall–Kier alpha value is -1.88. The van der Waals surface area contributed by atoms with Crippen molar-refractivity contribution in [2.24, 2.45) is 0 Å². The number of benzene rings is 1. The van der Waals surface area contributed by atoms with Gasteiger partial charge in [-0.1, -0.05) is 12.1 Å². The molecule has 18 heavy (non-hydrogen) atoms. The van der Waals surface area contributed by atoms with E-state index in [4.69, 9.17) is 11.6 Å². The topological polar surface area (TPSA) is 70.7 Å². The zero-order valence-electron chi connectivity index (χ0n) is 9.85. The Morgan fingerprint density at radius 3 is 3.06 bits per heavy atom. The first-order chi connectivity index (χ1) is 8.70. The first kappa shape index (κ1) is 12.6. The van der Waals surface area contributed by atoms with Crippen LogP contribution in [0.15, 0.2) is 30.6 Å². The van der Waals surface area contributed by atoms with Crippen molar-refractivity contribution in [1.29, 1.82) is 0 Å². The Morgan fingerprint density at radius 2 is 2.39 bits per heavy atom. The lowest BCUT2D eigenvalue weighted by Crippen LogP contribution is -2.27. The average Bonchev–Trinajstić information content (AvgIpc) is 2.92. The molecule has 0 radical (unpaired) electrons. The van der Waals surface area contributed by atoms with Gasteiger partial charge in [-0.25, -0.2) is 4.98 Å². The highest BCUT2D eigenvalue weighted by atomic mass is 35.5. The largest absolute Gasteiger partial charge is 0.342 e. The summed E-state index contributed by atoms with van der Waals surface area (Å²) in [6.45, 7) is 1.84. The maximum Gasteiger partial charge on any atom is 0.251 e. The molecule has 6 heteroatoms. The van der Waals surface area contributed by atoms with Crippen molar-refractivity contribution in [2.45, 2.75) is 18.8 Å². The van der Waals surface area contributed by atoms with Crippen LogP contribution in [-0.4, -0.2) is 21.1 Å². The van der Waals surface area contributed by atoms with Crippen LogP contribution in [0.2, 0.25) is 0 Å². The Balaban J connectivity index is 2.07. The van der Waals surface area contributed by atoms with Gasteiger partial charge < -0.3 is 5.32 Å². The first-order valence-corrected chi connectivity index (χ1v) is 6.05. The third kappa shape index (κ3) is 2.87. The van der Waals surface area contributed by atoms with Crippen LogP contribution >= 0.6 is 11.6 Å². The SMILES string of the molecule is CC(NC(=O)c1cccc(CCl)c1)c1ncn[nH]1. The monoisotopic (exact) mass is 264 g/mol. The van der Waals surface area contributed by atoms with Crippen molar-refractivity contribution in [2.75, 3.05) is 0 Å². The standard InChI is InChI=1S/C12H13ClN4O/c1-8(11-14-7-15-17-11)16-12(18)10-4-2-3-9(5-10)6-13/h2-5,7-8H,6H2,1H3,(H,16,18)(H,14,15,17). The van der Waals surface area contributed by atoms with Crippen molar-refractivity contribution in [1.82, 2.24) is 20.5 Å². The lowest BCUT2D eigenvalue weighted by atomic mass is 10.1. The highest BCUT2D eigenvalue weighted by Gasteiger charge is 2.13. The number of amides is 1. The number of H-pyrrole nitrogens is 1. The van der Waals surface area contributed by atoms with E-state index in [1.165, 1.54) is 6.33 Å². The van der Waals surface area contributed by atoms with Gasteiger partial charge >= 0.3 is 0 Å². The minimum atomic E-state index is -0.223. The molecule has 0 fully saturated rings. The van der Waals surface area contributed by atoms with E-state index in [-0.39, 0.29) is 11.9 Å². The molecule has 1 aromatic carbocycles. The fourth-order valence-electron chi connectivity index (χ4n) is 1.57. The predicted molar refractivity (Wildman–Crippen MR) is 68.3 cm³/mol. The van der Waals surface area contributed by atoms with Gasteiger partial charge in [-0.3, -0.25) is 9.89 Å². The van der Waals surface area contributed by atoms with Crippen LogP contribution in [0.5, 0.6) is 0 Å². The lowest BCUT2D eigenvalue weighted by Gasteiger charge is -2.11. The molecule has 0 aliphatic rings. The Labute approximate surface area is 110 Å². The quantitative estimate of drug-likeness (QED) is 0.830. The molecule has 0 saturated carbocycles. The number of nitrogens with one attached hydrogen (secondary N) is 2. The minimum absolute atomic E-state index is 0.161. The molecule has 5 nitrogen and oxygen atoms in total. The van der Waals surface area contributed by atoms with Gasteiger partial charge in [0.2, 0.25) is 0 Å². The summed E-state index contributed by atoms with van der Waals surface area (Å²) < 4.78 is 0. The fraction of sp³-hybridized carbons (Fsp3) is 0.250. The molecule has 94 valence electrons. The van der Waals surface area contributed by atoms with E-state index in [2.05, 4.69) is 20.5 Å². The molecule has 0 aliphatic heterocycles. The third-order valence-electron chi connectivity index (χ3n) is 2.53. The van der Waals surface area contributed by atoms with E-state index in [1.807, 2.05) is 19.1 Å². The number of halogens is 1. The smallest absolute Gasteiger partial charge is 0.251 e. The molecule has 1 heterocycles. The van der Waals surface area contributed by atoms with Gasteiger partial charge in [0.05, 0.1) is 6.04 Å². The van der Waals surface area contributed by atoms with Crippen LogP contribution in [0.1, 0.15) is 34.7 Å². The van der Waals surface area contributed by atoms with Gasteiger partial charge in [-0.2, -0.15) is 5.10 Å². The average molecular weight is 265 g/mol. The fourth-order valence-corrected chi connectivity index (χ4v) is 1.73. The summed E-state index contributed by atoms with van der Waals surface area (Å²) in [6, 6.07) is 6.99. The van der Waals surface area contributed by atoms with E-state index in [0.717, 1.165) is 5.56 Å². The summed E-state index contributed by atoms with van der Waals surface area (Å²) in [5, 5.41) is 9.30. The molecule has 1 atom stereocenters. The first-order valence-electron chi connectivity index (χ1n) is 5.51. The number of carbonyl (C=O) groups excluding carboxylic acids is 1. The number of aromatic amines is 1. The molecule has 1 amide bonds. The third-order valence-corrected chi connectivity index (χ3v) is 2.84. The van der Waals surface area contributed by atoms with E-state index in [9.17, 15) is 4.79 Å².